The number of nitrogens with one attached hydrogen (secondary N) is 1. The van der Waals surface area contributed by atoms with E-state index in [4.69, 9.17) is 9.47 Å². The van der Waals surface area contributed by atoms with Crippen molar-refractivity contribution in [3.05, 3.63) is 69.3 Å². The zero-order valence-corrected chi connectivity index (χ0v) is 19.6. The van der Waals surface area contributed by atoms with E-state index in [-0.39, 0.29) is 11.2 Å². The number of hydrogen-bond donors (Lipinski definition) is 1. The van der Waals surface area contributed by atoms with E-state index in [0.29, 0.717) is 34.8 Å². The number of aromatic nitrogens is 4. The van der Waals surface area contributed by atoms with Gasteiger partial charge in [0.15, 0.2) is 0 Å². The molecule has 4 heterocycles. The maximum absolute atomic E-state index is 13.1. The minimum absolute atomic E-state index is 0.280. The third-order valence-electron chi connectivity index (χ3n) is 7.30. The standard InChI is InChI=1S/C26H27N5O4/c1-34-22-5-4-6-23-24(22)19-13-30(12-17(19)14-35-23)7-2-3-8-31-25(32)18-10-20-16(11-27-15-28-20)9-21(18)29-26(31)33/h4-6,9-11,15,17,19H,2-3,7-8,12-14H2,1H3,(H,29,33)/t17-,19+/m0/s1. The highest BCUT2D eigenvalue weighted by molar-refractivity contribution is 5.93. The van der Waals surface area contributed by atoms with Crippen molar-refractivity contribution >= 4 is 21.8 Å². The van der Waals surface area contributed by atoms with Crippen LogP contribution in [0.3, 0.4) is 0 Å². The summed E-state index contributed by atoms with van der Waals surface area (Å²) in [4.78, 5) is 39.2. The average Bonchev–Trinajstić information content (AvgIpc) is 3.30. The molecule has 0 spiro atoms. The lowest BCUT2D eigenvalue weighted by Gasteiger charge is -2.29. The number of fused-ring (bicyclic) bond motifs is 5. The van der Waals surface area contributed by atoms with Crippen LogP contribution in [0.2, 0.25) is 0 Å². The van der Waals surface area contributed by atoms with E-state index in [0.717, 1.165) is 56.0 Å². The molecule has 1 saturated heterocycles. The molecule has 2 aromatic carbocycles. The summed E-state index contributed by atoms with van der Waals surface area (Å²) in [5.41, 5.74) is 1.71. The molecule has 4 aromatic rings. The predicted octanol–water partition coefficient (Wildman–Crippen LogP) is 2.53. The third kappa shape index (κ3) is 3.85. The molecular formula is C26H27N5O4. The van der Waals surface area contributed by atoms with Crippen LogP contribution in [-0.4, -0.2) is 57.8 Å². The predicted molar refractivity (Wildman–Crippen MR) is 132 cm³/mol. The number of unbranched alkanes of at least 4 members (excludes halogenated alkanes) is 1. The number of methoxy groups -OCH3 is 1. The maximum atomic E-state index is 13.1. The number of ether oxygens (including phenoxy) is 2. The Labute approximate surface area is 201 Å². The van der Waals surface area contributed by atoms with Crippen molar-refractivity contribution in [2.24, 2.45) is 5.92 Å². The van der Waals surface area contributed by atoms with Crippen molar-refractivity contribution in [3.8, 4) is 11.5 Å². The lowest BCUT2D eigenvalue weighted by atomic mass is 9.86. The molecule has 6 rings (SSSR count). The third-order valence-corrected chi connectivity index (χ3v) is 7.30. The summed E-state index contributed by atoms with van der Waals surface area (Å²) < 4.78 is 12.9. The van der Waals surface area contributed by atoms with E-state index in [9.17, 15) is 9.59 Å². The molecule has 0 radical (unpaired) electrons. The molecular weight excluding hydrogens is 446 g/mol. The first-order valence-corrected chi connectivity index (χ1v) is 12.0. The van der Waals surface area contributed by atoms with Gasteiger partial charge in [0.1, 0.15) is 17.8 Å². The minimum Gasteiger partial charge on any atom is -0.496 e. The summed E-state index contributed by atoms with van der Waals surface area (Å²) in [5, 5.41) is 1.25. The lowest BCUT2D eigenvalue weighted by molar-refractivity contribution is 0.209. The molecule has 180 valence electrons. The van der Waals surface area contributed by atoms with E-state index in [1.807, 2.05) is 18.2 Å². The second kappa shape index (κ2) is 8.81. The van der Waals surface area contributed by atoms with Gasteiger partial charge in [0.2, 0.25) is 0 Å². The fourth-order valence-electron chi connectivity index (χ4n) is 5.57. The Balaban J connectivity index is 1.13. The van der Waals surface area contributed by atoms with Crippen LogP contribution in [-0.2, 0) is 6.54 Å². The number of H-pyrrole nitrogens is 1. The van der Waals surface area contributed by atoms with Crippen molar-refractivity contribution in [1.29, 1.82) is 0 Å². The Bertz CT molecular complexity index is 1510. The molecule has 9 heteroatoms. The summed E-state index contributed by atoms with van der Waals surface area (Å²) in [6.07, 6.45) is 4.76. The van der Waals surface area contributed by atoms with E-state index in [1.165, 1.54) is 16.5 Å². The first-order chi connectivity index (χ1) is 17.1. The smallest absolute Gasteiger partial charge is 0.328 e. The molecule has 2 atom stereocenters. The van der Waals surface area contributed by atoms with Gasteiger partial charge in [-0.15, -0.1) is 0 Å². The Hall–Kier alpha value is -3.72. The molecule has 0 saturated carbocycles. The molecule has 0 unspecified atom stereocenters. The Morgan fingerprint density at radius 2 is 2.06 bits per heavy atom. The fraction of sp³-hybridized carbons (Fsp3) is 0.385. The highest BCUT2D eigenvalue weighted by atomic mass is 16.5. The van der Waals surface area contributed by atoms with Crippen molar-refractivity contribution in [2.75, 3.05) is 33.4 Å². The van der Waals surface area contributed by atoms with Gasteiger partial charge in [-0.25, -0.2) is 14.8 Å². The number of nitrogens with zero attached hydrogens (tertiary/aromatic N) is 4. The van der Waals surface area contributed by atoms with Crippen molar-refractivity contribution < 1.29 is 9.47 Å². The number of hydrogen-bond acceptors (Lipinski definition) is 7. The average molecular weight is 474 g/mol. The number of likely N-dealkylation sites (tertiary alicyclic amines) is 1. The van der Waals surface area contributed by atoms with Gasteiger partial charge in [0, 0.05) is 48.6 Å². The van der Waals surface area contributed by atoms with E-state index in [2.05, 4.69) is 19.9 Å². The summed E-state index contributed by atoms with van der Waals surface area (Å²) in [6, 6.07) is 9.47. The summed E-state index contributed by atoms with van der Waals surface area (Å²) in [6.45, 7) is 3.97. The normalized spacial score (nSPS) is 19.5. The molecule has 2 aromatic heterocycles. The van der Waals surface area contributed by atoms with E-state index < -0.39 is 0 Å². The first kappa shape index (κ1) is 21.8. The second-order valence-electron chi connectivity index (χ2n) is 9.38. The van der Waals surface area contributed by atoms with Gasteiger partial charge in [0.05, 0.1) is 30.1 Å². The largest absolute Gasteiger partial charge is 0.496 e. The molecule has 0 amide bonds. The van der Waals surface area contributed by atoms with Gasteiger partial charge in [-0.2, -0.15) is 0 Å². The van der Waals surface area contributed by atoms with E-state index in [1.54, 1.807) is 25.4 Å². The number of rotatable bonds is 6. The highest BCUT2D eigenvalue weighted by Crippen LogP contribution is 2.46. The summed E-state index contributed by atoms with van der Waals surface area (Å²) >= 11 is 0. The molecule has 35 heavy (non-hydrogen) atoms. The Morgan fingerprint density at radius 3 is 2.94 bits per heavy atom. The lowest BCUT2D eigenvalue weighted by Crippen LogP contribution is -2.35. The zero-order chi connectivity index (χ0) is 23.9. The zero-order valence-electron chi connectivity index (χ0n) is 19.6. The molecule has 2 aliphatic rings. The van der Waals surface area contributed by atoms with Crippen LogP contribution in [0.5, 0.6) is 11.5 Å². The highest BCUT2D eigenvalue weighted by Gasteiger charge is 2.40. The molecule has 2 aliphatic heterocycles. The van der Waals surface area contributed by atoms with Crippen molar-refractivity contribution in [2.45, 2.75) is 25.3 Å². The Kier molecular flexibility index (Phi) is 5.49. The van der Waals surface area contributed by atoms with Crippen LogP contribution in [0.1, 0.15) is 24.3 Å². The summed E-state index contributed by atoms with van der Waals surface area (Å²) in [5.74, 6) is 2.68. The van der Waals surface area contributed by atoms with Gasteiger partial charge >= 0.3 is 5.69 Å². The number of aromatic amines is 1. The van der Waals surface area contributed by atoms with Gasteiger partial charge < -0.3 is 19.4 Å². The van der Waals surface area contributed by atoms with Crippen molar-refractivity contribution in [1.82, 2.24) is 24.4 Å². The van der Waals surface area contributed by atoms with Crippen LogP contribution < -0.4 is 20.7 Å². The molecule has 0 bridgehead atoms. The van der Waals surface area contributed by atoms with Gasteiger partial charge in [-0.05, 0) is 43.7 Å². The van der Waals surface area contributed by atoms with Crippen LogP contribution in [0, 0.1) is 5.92 Å². The molecule has 9 nitrogen and oxygen atoms in total. The van der Waals surface area contributed by atoms with Gasteiger partial charge in [0.25, 0.3) is 5.56 Å². The van der Waals surface area contributed by atoms with Crippen LogP contribution in [0.15, 0.2) is 52.4 Å². The fourth-order valence-corrected chi connectivity index (χ4v) is 5.57. The van der Waals surface area contributed by atoms with Crippen molar-refractivity contribution in [3.63, 3.8) is 0 Å². The van der Waals surface area contributed by atoms with Gasteiger partial charge in [-0.1, -0.05) is 6.07 Å². The topological polar surface area (TPSA) is 102 Å². The molecule has 0 aliphatic carbocycles. The molecule has 1 N–H and O–H groups in total. The monoisotopic (exact) mass is 473 g/mol. The molecule has 1 fully saturated rings. The van der Waals surface area contributed by atoms with Crippen LogP contribution >= 0.6 is 0 Å². The van der Waals surface area contributed by atoms with E-state index >= 15 is 0 Å². The first-order valence-electron chi connectivity index (χ1n) is 12.0. The second-order valence-corrected chi connectivity index (χ2v) is 9.38. The SMILES string of the molecule is COc1cccc2c1[C@@H]1CN(CCCCn3c(=O)[nH]c4cc5cncnc5cc4c3=O)C[C@H]1CO2. The van der Waals surface area contributed by atoms with Crippen LogP contribution in [0.4, 0.5) is 0 Å². The maximum Gasteiger partial charge on any atom is 0.328 e. The number of benzene rings is 2. The van der Waals surface area contributed by atoms with Crippen LogP contribution in [0.25, 0.3) is 21.8 Å². The quantitative estimate of drug-likeness (QED) is 0.339. The minimum atomic E-state index is -0.383. The van der Waals surface area contributed by atoms with Gasteiger partial charge in [-0.3, -0.25) is 9.36 Å². The summed E-state index contributed by atoms with van der Waals surface area (Å²) in [7, 11) is 1.71. The Morgan fingerprint density at radius 1 is 1.17 bits per heavy atom.